The minimum atomic E-state index is -0.568. The van der Waals surface area contributed by atoms with Gasteiger partial charge in [0, 0.05) is 51.4 Å². The first kappa shape index (κ1) is 18.2. The van der Waals surface area contributed by atoms with Crippen molar-refractivity contribution in [2.45, 2.75) is 26.4 Å². The molecule has 28 heavy (non-hydrogen) atoms. The molecule has 0 spiro atoms. The lowest BCUT2D eigenvalue weighted by Gasteiger charge is -2.39. The fourth-order valence-electron chi connectivity index (χ4n) is 3.58. The molecule has 1 aromatic carbocycles. The average Bonchev–Trinajstić information content (AvgIpc) is 3.06. The van der Waals surface area contributed by atoms with Crippen molar-refractivity contribution in [1.82, 2.24) is 24.5 Å². The lowest BCUT2D eigenvalue weighted by atomic mass is 10.1. The number of amides is 1. The minimum absolute atomic E-state index is 0.105. The summed E-state index contributed by atoms with van der Waals surface area (Å²) in [5.41, 5.74) is 0.583. The van der Waals surface area contributed by atoms with Gasteiger partial charge in [-0.3, -0.25) is 19.5 Å². The molecule has 1 saturated heterocycles. The Morgan fingerprint density at radius 3 is 2.82 bits per heavy atom. The van der Waals surface area contributed by atoms with Gasteiger partial charge in [0.2, 0.25) is 5.91 Å². The van der Waals surface area contributed by atoms with Gasteiger partial charge in [0.15, 0.2) is 11.4 Å². The van der Waals surface area contributed by atoms with Crippen LogP contribution in [-0.4, -0.2) is 56.1 Å². The van der Waals surface area contributed by atoms with E-state index < -0.39 is 11.2 Å². The van der Waals surface area contributed by atoms with E-state index in [1.807, 2.05) is 23.1 Å². The van der Waals surface area contributed by atoms with Crippen LogP contribution in [0.1, 0.15) is 19.4 Å². The van der Waals surface area contributed by atoms with Crippen molar-refractivity contribution in [3.05, 3.63) is 56.9 Å². The number of aromatic amines is 1. The van der Waals surface area contributed by atoms with Crippen molar-refractivity contribution in [1.29, 1.82) is 0 Å². The van der Waals surface area contributed by atoms with E-state index in [9.17, 15) is 14.4 Å². The summed E-state index contributed by atoms with van der Waals surface area (Å²) < 4.78 is 6.59. The number of carbonyl (C=O) groups excluding carboxylic acids is 1. The second kappa shape index (κ2) is 7.08. The number of fused-ring (bicyclic) bond motifs is 1. The Labute approximate surface area is 160 Å². The largest absolute Gasteiger partial charge is 0.354 e. The lowest BCUT2D eigenvalue weighted by molar-refractivity contribution is -0.131. The van der Waals surface area contributed by atoms with Crippen LogP contribution >= 0.6 is 0 Å². The highest BCUT2D eigenvalue weighted by atomic mass is 16.5. The molecular weight excluding hydrogens is 362 g/mol. The van der Waals surface area contributed by atoms with Crippen LogP contribution in [0.2, 0.25) is 0 Å². The summed E-state index contributed by atoms with van der Waals surface area (Å²) in [6.07, 6.45) is 1.38. The first-order chi connectivity index (χ1) is 13.4. The SMILES string of the molecule is CC(=O)N1CCN(Cc2ccc3onc(-n4ccc(=O)[nH]c4=O)c3c2)C(C)C1. The third kappa shape index (κ3) is 3.36. The lowest BCUT2D eigenvalue weighted by Crippen LogP contribution is -2.52. The van der Waals surface area contributed by atoms with Crippen molar-refractivity contribution in [2.24, 2.45) is 0 Å². The molecule has 2 aromatic heterocycles. The topological polar surface area (TPSA) is 104 Å². The fraction of sp³-hybridized carbons (Fsp3) is 0.368. The van der Waals surface area contributed by atoms with Gasteiger partial charge in [-0.05, 0) is 24.6 Å². The number of piperazine rings is 1. The minimum Gasteiger partial charge on any atom is -0.354 e. The number of aromatic nitrogens is 3. The molecule has 0 bridgehead atoms. The average molecular weight is 383 g/mol. The van der Waals surface area contributed by atoms with E-state index in [2.05, 4.69) is 22.0 Å². The van der Waals surface area contributed by atoms with Crippen LogP contribution in [0.4, 0.5) is 0 Å². The Hall–Kier alpha value is -3.20. The quantitative estimate of drug-likeness (QED) is 0.715. The van der Waals surface area contributed by atoms with E-state index in [4.69, 9.17) is 4.52 Å². The second-order valence-electron chi connectivity index (χ2n) is 7.10. The van der Waals surface area contributed by atoms with Crippen molar-refractivity contribution in [3.8, 4) is 5.82 Å². The molecule has 1 aliphatic heterocycles. The van der Waals surface area contributed by atoms with Crippen molar-refractivity contribution in [3.63, 3.8) is 0 Å². The van der Waals surface area contributed by atoms with Gasteiger partial charge in [0.05, 0.1) is 5.39 Å². The van der Waals surface area contributed by atoms with E-state index in [0.717, 1.165) is 12.1 Å². The molecule has 1 unspecified atom stereocenters. The number of rotatable bonds is 3. The highest BCUT2D eigenvalue weighted by molar-refractivity contribution is 5.84. The van der Waals surface area contributed by atoms with Crippen molar-refractivity contribution < 1.29 is 9.32 Å². The van der Waals surface area contributed by atoms with Gasteiger partial charge < -0.3 is 9.42 Å². The summed E-state index contributed by atoms with van der Waals surface area (Å²) in [6, 6.07) is 7.26. The van der Waals surface area contributed by atoms with Gasteiger partial charge in [-0.25, -0.2) is 9.36 Å². The third-order valence-electron chi connectivity index (χ3n) is 5.16. The Morgan fingerprint density at radius 2 is 2.11 bits per heavy atom. The van der Waals surface area contributed by atoms with Crippen molar-refractivity contribution >= 4 is 16.9 Å². The maximum Gasteiger partial charge on any atom is 0.334 e. The van der Waals surface area contributed by atoms with Crippen molar-refractivity contribution in [2.75, 3.05) is 19.6 Å². The van der Waals surface area contributed by atoms with Crippen LogP contribution in [0.15, 0.2) is 44.6 Å². The highest BCUT2D eigenvalue weighted by Crippen LogP contribution is 2.23. The molecule has 3 heterocycles. The molecule has 0 aliphatic carbocycles. The van der Waals surface area contributed by atoms with Crippen LogP contribution in [0.5, 0.6) is 0 Å². The number of hydrogen-bond donors (Lipinski definition) is 1. The molecule has 9 nitrogen and oxygen atoms in total. The number of H-pyrrole nitrogens is 1. The zero-order valence-corrected chi connectivity index (χ0v) is 15.7. The molecule has 1 atom stereocenters. The normalized spacial score (nSPS) is 17.9. The Kier molecular flexibility index (Phi) is 4.60. The van der Waals surface area contributed by atoms with Gasteiger partial charge in [-0.15, -0.1) is 0 Å². The summed E-state index contributed by atoms with van der Waals surface area (Å²) in [5, 5.41) is 4.69. The van der Waals surface area contributed by atoms with Crippen LogP contribution < -0.4 is 11.2 Å². The zero-order chi connectivity index (χ0) is 19.8. The van der Waals surface area contributed by atoms with Gasteiger partial charge in [-0.1, -0.05) is 11.2 Å². The summed E-state index contributed by atoms with van der Waals surface area (Å²) >= 11 is 0. The predicted octanol–water partition coefficient (Wildman–Crippen LogP) is 0.720. The van der Waals surface area contributed by atoms with Crippen LogP contribution in [-0.2, 0) is 11.3 Å². The monoisotopic (exact) mass is 383 g/mol. The Morgan fingerprint density at radius 1 is 1.29 bits per heavy atom. The Bertz CT molecular complexity index is 1140. The number of nitrogens with zero attached hydrogens (tertiary/aromatic N) is 4. The van der Waals surface area contributed by atoms with Crippen LogP contribution in [0, 0.1) is 0 Å². The second-order valence-corrected chi connectivity index (χ2v) is 7.10. The Balaban J connectivity index is 1.62. The number of nitrogens with one attached hydrogen (secondary N) is 1. The predicted molar refractivity (Wildman–Crippen MR) is 102 cm³/mol. The molecule has 1 amide bonds. The molecule has 4 rings (SSSR count). The van der Waals surface area contributed by atoms with Gasteiger partial charge >= 0.3 is 5.69 Å². The number of carbonyl (C=O) groups is 1. The highest BCUT2D eigenvalue weighted by Gasteiger charge is 2.25. The summed E-state index contributed by atoms with van der Waals surface area (Å²) in [6.45, 7) is 6.65. The maximum absolute atomic E-state index is 12.1. The molecule has 0 saturated carbocycles. The number of hydrogen-bond acceptors (Lipinski definition) is 6. The summed E-state index contributed by atoms with van der Waals surface area (Å²) in [7, 11) is 0. The van der Waals surface area contributed by atoms with Gasteiger partial charge in [0.1, 0.15) is 0 Å². The van der Waals surface area contributed by atoms with Crippen LogP contribution in [0.25, 0.3) is 16.8 Å². The standard InChI is InChI=1S/C19H21N5O4/c1-12-10-23(13(2)25)8-7-22(12)11-14-3-4-16-15(9-14)18(21-28-16)24-6-5-17(26)20-19(24)27/h3-6,9,12H,7-8,10-11H2,1-2H3,(H,20,26,27). The maximum atomic E-state index is 12.1. The molecule has 146 valence electrons. The third-order valence-corrected chi connectivity index (χ3v) is 5.16. The molecule has 1 N–H and O–H groups in total. The van der Waals surface area contributed by atoms with E-state index in [-0.39, 0.29) is 11.9 Å². The number of benzene rings is 1. The van der Waals surface area contributed by atoms with E-state index in [1.54, 1.807) is 6.92 Å². The first-order valence-electron chi connectivity index (χ1n) is 9.12. The molecular formula is C19H21N5O4. The van der Waals surface area contributed by atoms with Gasteiger partial charge in [0.25, 0.3) is 5.56 Å². The fourth-order valence-corrected chi connectivity index (χ4v) is 3.58. The smallest absolute Gasteiger partial charge is 0.334 e. The molecule has 1 fully saturated rings. The molecule has 9 heteroatoms. The van der Waals surface area contributed by atoms with Gasteiger partial charge in [-0.2, -0.15) is 0 Å². The zero-order valence-electron chi connectivity index (χ0n) is 15.7. The molecule has 0 radical (unpaired) electrons. The molecule has 3 aromatic rings. The summed E-state index contributed by atoms with van der Waals surface area (Å²) in [5.74, 6) is 0.445. The van der Waals surface area contributed by atoms with E-state index in [0.29, 0.717) is 36.4 Å². The van der Waals surface area contributed by atoms with Crippen LogP contribution in [0.3, 0.4) is 0 Å². The first-order valence-corrected chi connectivity index (χ1v) is 9.12. The summed E-state index contributed by atoms with van der Waals surface area (Å²) in [4.78, 5) is 41.4. The van der Waals surface area contributed by atoms with E-state index in [1.165, 1.54) is 16.8 Å². The van der Waals surface area contributed by atoms with E-state index >= 15 is 0 Å². The molecule has 1 aliphatic rings.